The van der Waals surface area contributed by atoms with Gasteiger partial charge in [0.2, 0.25) is 0 Å². The summed E-state index contributed by atoms with van der Waals surface area (Å²) in [6.45, 7) is 5.61. The summed E-state index contributed by atoms with van der Waals surface area (Å²) in [5.74, 6) is 0. The molecule has 0 radical (unpaired) electrons. The molecule has 2 aliphatic heterocycles. The Kier molecular flexibility index (Phi) is 4.62. The van der Waals surface area contributed by atoms with Gasteiger partial charge in [-0.05, 0) is 52.6 Å². The van der Waals surface area contributed by atoms with Crippen LogP contribution >= 0.6 is 0 Å². The Morgan fingerprint density at radius 2 is 2.25 bits per heavy atom. The normalized spacial score (nSPS) is 36.8. The second kappa shape index (κ2) is 5.99. The molecule has 3 heteroatoms. The van der Waals surface area contributed by atoms with Crippen molar-refractivity contribution in [1.29, 1.82) is 0 Å². The smallest absolute Gasteiger partial charge is 0.0587 e. The number of likely N-dealkylation sites (N-methyl/N-ethyl adjacent to an activating group) is 1. The van der Waals surface area contributed by atoms with Crippen molar-refractivity contribution in [2.24, 2.45) is 0 Å². The predicted molar refractivity (Wildman–Crippen MR) is 66.7 cm³/mol. The van der Waals surface area contributed by atoms with Crippen LogP contribution in [0.15, 0.2) is 0 Å². The maximum Gasteiger partial charge on any atom is 0.0587 e. The predicted octanol–water partition coefficient (Wildman–Crippen LogP) is 1.63. The molecule has 0 aromatic heterocycles. The number of nitrogens with zero attached hydrogens (tertiary/aromatic N) is 1. The highest BCUT2D eigenvalue weighted by molar-refractivity contribution is 4.85. The zero-order valence-electron chi connectivity index (χ0n) is 10.7. The Labute approximate surface area is 99.5 Å². The molecule has 3 unspecified atom stereocenters. The Balaban J connectivity index is 1.57. The lowest BCUT2D eigenvalue weighted by Crippen LogP contribution is -2.34. The van der Waals surface area contributed by atoms with Crippen molar-refractivity contribution in [3.05, 3.63) is 0 Å². The summed E-state index contributed by atoms with van der Waals surface area (Å²) in [5, 5.41) is 3.67. The minimum absolute atomic E-state index is 0.526. The highest BCUT2D eigenvalue weighted by Crippen LogP contribution is 2.17. The topological polar surface area (TPSA) is 24.5 Å². The van der Waals surface area contributed by atoms with Gasteiger partial charge >= 0.3 is 0 Å². The van der Waals surface area contributed by atoms with Crippen LogP contribution < -0.4 is 5.32 Å². The van der Waals surface area contributed by atoms with Crippen molar-refractivity contribution >= 4 is 0 Å². The van der Waals surface area contributed by atoms with Crippen LogP contribution in [0.25, 0.3) is 0 Å². The Bertz CT molecular complexity index is 194. The Hall–Kier alpha value is -0.120. The number of hydrogen-bond donors (Lipinski definition) is 1. The van der Waals surface area contributed by atoms with Gasteiger partial charge < -0.3 is 15.0 Å². The minimum atomic E-state index is 0.526. The lowest BCUT2D eigenvalue weighted by Gasteiger charge is -2.23. The Morgan fingerprint density at radius 1 is 1.38 bits per heavy atom. The molecule has 2 saturated heterocycles. The molecule has 94 valence electrons. The van der Waals surface area contributed by atoms with Gasteiger partial charge in [-0.25, -0.2) is 0 Å². The fraction of sp³-hybridized carbons (Fsp3) is 1.00. The van der Waals surface area contributed by atoms with Crippen molar-refractivity contribution < 1.29 is 4.74 Å². The van der Waals surface area contributed by atoms with Crippen LogP contribution in [0.1, 0.15) is 39.0 Å². The summed E-state index contributed by atoms with van der Waals surface area (Å²) < 4.78 is 5.73. The number of ether oxygens (including phenoxy) is 1. The van der Waals surface area contributed by atoms with Gasteiger partial charge in [0.1, 0.15) is 0 Å². The third-order valence-electron chi connectivity index (χ3n) is 4.06. The van der Waals surface area contributed by atoms with Gasteiger partial charge in [-0.2, -0.15) is 0 Å². The SMILES string of the molecule is CC1CC(NCCC2CCCCO2)CN1C. The molecule has 2 aliphatic rings. The monoisotopic (exact) mass is 226 g/mol. The van der Waals surface area contributed by atoms with Crippen molar-refractivity contribution in [3.8, 4) is 0 Å². The van der Waals surface area contributed by atoms with Gasteiger partial charge in [0.25, 0.3) is 0 Å². The van der Waals surface area contributed by atoms with Gasteiger partial charge in [-0.1, -0.05) is 0 Å². The highest BCUT2D eigenvalue weighted by atomic mass is 16.5. The van der Waals surface area contributed by atoms with E-state index in [2.05, 4.69) is 24.2 Å². The summed E-state index contributed by atoms with van der Waals surface area (Å²) in [4.78, 5) is 2.44. The van der Waals surface area contributed by atoms with Gasteiger partial charge in [0.15, 0.2) is 0 Å². The molecule has 0 aliphatic carbocycles. The first-order valence-corrected chi connectivity index (χ1v) is 6.81. The first kappa shape index (κ1) is 12.3. The molecule has 1 N–H and O–H groups in total. The number of hydrogen-bond acceptors (Lipinski definition) is 3. The molecule has 3 nitrogen and oxygen atoms in total. The van der Waals surface area contributed by atoms with Gasteiger partial charge in [0, 0.05) is 25.2 Å². The van der Waals surface area contributed by atoms with Crippen LogP contribution in [0.4, 0.5) is 0 Å². The molecule has 0 aromatic carbocycles. The fourth-order valence-corrected chi connectivity index (χ4v) is 2.83. The summed E-state index contributed by atoms with van der Waals surface area (Å²) >= 11 is 0. The van der Waals surface area contributed by atoms with E-state index in [4.69, 9.17) is 4.74 Å². The minimum Gasteiger partial charge on any atom is -0.378 e. The zero-order chi connectivity index (χ0) is 11.4. The molecule has 0 aromatic rings. The molecular weight excluding hydrogens is 200 g/mol. The number of rotatable bonds is 4. The molecule has 0 bridgehead atoms. The van der Waals surface area contributed by atoms with Crippen LogP contribution in [0.5, 0.6) is 0 Å². The molecule has 2 fully saturated rings. The van der Waals surface area contributed by atoms with E-state index in [0.29, 0.717) is 12.1 Å². The molecule has 0 saturated carbocycles. The molecule has 2 heterocycles. The van der Waals surface area contributed by atoms with Crippen LogP contribution in [-0.2, 0) is 4.74 Å². The van der Waals surface area contributed by atoms with E-state index in [1.54, 1.807) is 0 Å². The van der Waals surface area contributed by atoms with E-state index in [1.165, 1.54) is 38.6 Å². The second-order valence-corrected chi connectivity index (χ2v) is 5.45. The number of likely N-dealkylation sites (tertiary alicyclic amines) is 1. The van der Waals surface area contributed by atoms with E-state index < -0.39 is 0 Å². The average molecular weight is 226 g/mol. The summed E-state index contributed by atoms with van der Waals surface area (Å²) in [7, 11) is 2.22. The third kappa shape index (κ3) is 3.44. The first-order chi connectivity index (χ1) is 7.75. The van der Waals surface area contributed by atoms with E-state index in [1.807, 2.05) is 0 Å². The molecule has 2 rings (SSSR count). The van der Waals surface area contributed by atoms with E-state index in [9.17, 15) is 0 Å². The lowest BCUT2D eigenvalue weighted by atomic mass is 10.1. The van der Waals surface area contributed by atoms with Gasteiger partial charge in [-0.15, -0.1) is 0 Å². The molecular formula is C13H26N2O. The number of nitrogens with one attached hydrogen (secondary N) is 1. The zero-order valence-corrected chi connectivity index (χ0v) is 10.7. The quantitative estimate of drug-likeness (QED) is 0.788. The van der Waals surface area contributed by atoms with Crippen molar-refractivity contribution in [2.75, 3.05) is 26.7 Å². The summed E-state index contributed by atoms with van der Waals surface area (Å²) in [6.07, 6.45) is 6.89. The standard InChI is InChI=1S/C13H26N2O/c1-11-9-12(10-15(11)2)14-7-6-13-5-3-4-8-16-13/h11-14H,3-10H2,1-2H3. The lowest BCUT2D eigenvalue weighted by molar-refractivity contribution is 0.0112. The van der Waals surface area contributed by atoms with Crippen molar-refractivity contribution in [2.45, 2.75) is 57.2 Å². The largest absolute Gasteiger partial charge is 0.378 e. The van der Waals surface area contributed by atoms with E-state index >= 15 is 0 Å². The fourth-order valence-electron chi connectivity index (χ4n) is 2.83. The van der Waals surface area contributed by atoms with E-state index in [-0.39, 0.29) is 0 Å². The molecule has 0 spiro atoms. The molecule has 3 atom stereocenters. The van der Waals surface area contributed by atoms with Crippen molar-refractivity contribution in [3.63, 3.8) is 0 Å². The third-order valence-corrected chi connectivity index (χ3v) is 4.06. The molecule has 16 heavy (non-hydrogen) atoms. The van der Waals surface area contributed by atoms with Crippen molar-refractivity contribution in [1.82, 2.24) is 10.2 Å². The van der Waals surface area contributed by atoms with Crippen LogP contribution in [-0.4, -0.2) is 49.8 Å². The first-order valence-electron chi connectivity index (χ1n) is 6.81. The molecule has 0 amide bonds. The van der Waals surface area contributed by atoms with Gasteiger partial charge in [-0.3, -0.25) is 0 Å². The maximum absolute atomic E-state index is 5.73. The van der Waals surface area contributed by atoms with Crippen LogP contribution in [0.3, 0.4) is 0 Å². The van der Waals surface area contributed by atoms with E-state index in [0.717, 1.165) is 19.2 Å². The average Bonchev–Trinajstić information content (AvgIpc) is 2.60. The van der Waals surface area contributed by atoms with Gasteiger partial charge in [0.05, 0.1) is 6.10 Å². The highest BCUT2D eigenvalue weighted by Gasteiger charge is 2.25. The summed E-state index contributed by atoms with van der Waals surface area (Å²) in [6, 6.07) is 1.44. The van der Waals surface area contributed by atoms with Crippen LogP contribution in [0, 0.1) is 0 Å². The summed E-state index contributed by atoms with van der Waals surface area (Å²) in [5.41, 5.74) is 0. The Morgan fingerprint density at radius 3 is 2.88 bits per heavy atom. The second-order valence-electron chi connectivity index (χ2n) is 5.45. The van der Waals surface area contributed by atoms with Crippen LogP contribution in [0.2, 0.25) is 0 Å². The maximum atomic E-state index is 5.73.